The topological polar surface area (TPSA) is 59.2 Å². The van der Waals surface area contributed by atoms with Crippen molar-refractivity contribution in [2.45, 2.75) is 32.8 Å². The molecule has 1 aromatic carbocycles. The van der Waals surface area contributed by atoms with Gasteiger partial charge in [0.1, 0.15) is 5.82 Å². The van der Waals surface area contributed by atoms with Gasteiger partial charge < -0.3 is 9.63 Å². The van der Waals surface area contributed by atoms with E-state index in [9.17, 15) is 9.50 Å². The maximum Gasteiger partial charge on any atom is 0.229 e. The number of aliphatic hydroxyl groups is 1. The van der Waals surface area contributed by atoms with Gasteiger partial charge in [-0.2, -0.15) is 4.98 Å². The number of halogens is 2. The minimum Gasteiger partial charge on any atom is -0.393 e. The van der Waals surface area contributed by atoms with E-state index in [0.717, 1.165) is 0 Å². The second kappa shape index (κ2) is 6.45. The van der Waals surface area contributed by atoms with Crippen molar-refractivity contribution in [2.75, 3.05) is 0 Å². The van der Waals surface area contributed by atoms with Crippen LogP contribution in [0.15, 0.2) is 27.2 Å². The second-order valence-corrected chi connectivity index (χ2v) is 6.07. The predicted molar refractivity (Wildman–Crippen MR) is 76.6 cm³/mol. The normalized spacial score (nSPS) is 12.9. The van der Waals surface area contributed by atoms with E-state index in [2.05, 4.69) is 26.1 Å². The average Bonchev–Trinajstić information content (AvgIpc) is 2.74. The first-order chi connectivity index (χ1) is 9.44. The molecule has 1 heterocycles. The molecular weight excluding hydrogens is 327 g/mol. The Morgan fingerprint density at radius 2 is 2.10 bits per heavy atom. The second-order valence-electron chi connectivity index (χ2n) is 5.16. The fourth-order valence-corrected chi connectivity index (χ4v) is 2.43. The van der Waals surface area contributed by atoms with E-state index in [4.69, 9.17) is 4.52 Å². The monoisotopic (exact) mass is 342 g/mol. The van der Waals surface area contributed by atoms with E-state index in [1.54, 1.807) is 6.07 Å². The Hall–Kier alpha value is -1.27. The highest BCUT2D eigenvalue weighted by Crippen LogP contribution is 2.23. The highest BCUT2D eigenvalue weighted by Gasteiger charge is 2.15. The van der Waals surface area contributed by atoms with E-state index >= 15 is 0 Å². The van der Waals surface area contributed by atoms with E-state index in [0.29, 0.717) is 40.5 Å². The molecule has 0 bridgehead atoms. The van der Waals surface area contributed by atoms with E-state index in [-0.39, 0.29) is 5.82 Å². The predicted octanol–water partition coefficient (Wildman–Crippen LogP) is 3.59. The molecule has 0 aliphatic carbocycles. The van der Waals surface area contributed by atoms with Crippen molar-refractivity contribution in [2.24, 2.45) is 5.92 Å². The molecule has 0 aliphatic rings. The third kappa shape index (κ3) is 4.11. The summed E-state index contributed by atoms with van der Waals surface area (Å²) in [6.07, 6.45) is 0.466. The summed E-state index contributed by atoms with van der Waals surface area (Å²) in [5.41, 5.74) is 0.533. The SMILES string of the molecule is CC(C)CC(O)Cc1nc(-c2cc(F)cc(Br)c2)no1. The molecule has 0 fully saturated rings. The van der Waals surface area contributed by atoms with Gasteiger partial charge in [0.2, 0.25) is 11.7 Å². The Bertz CT molecular complexity index is 566. The van der Waals surface area contributed by atoms with Gasteiger partial charge in [0.05, 0.1) is 12.5 Å². The van der Waals surface area contributed by atoms with Crippen LogP contribution in [0.5, 0.6) is 0 Å². The summed E-state index contributed by atoms with van der Waals surface area (Å²) < 4.78 is 19.0. The van der Waals surface area contributed by atoms with Crippen molar-refractivity contribution in [1.82, 2.24) is 10.1 Å². The lowest BCUT2D eigenvalue weighted by molar-refractivity contribution is 0.138. The third-order valence-corrected chi connectivity index (χ3v) is 3.20. The summed E-state index contributed by atoms with van der Waals surface area (Å²) in [5.74, 6) is 0.692. The van der Waals surface area contributed by atoms with Crippen molar-refractivity contribution in [3.05, 3.63) is 34.4 Å². The van der Waals surface area contributed by atoms with Gasteiger partial charge in [-0.05, 0) is 30.5 Å². The molecule has 0 spiro atoms. The lowest BCUT2D eigenvalue weighted by Crippen LogP contribution is -2.13. The first kappa shape index (κ1) is 15.1. The maximum atomic E-state index is 13.3. The fourth-order valence-electron chi connectivity index (χ4n) is 1.97. The summed E-state index contributed by atoms with van der Waals surface area (Å²) in [7, 11) is 0. The average molecular weight is 343 g/mol. The van der Waals surface area contributed by atoms with Gasteiger partial charge in [-0.3, -0.25) is 0 Å². The molecule has 1 unspecified atom stereocenters. The molecule has 0 radical (unpaired) electrons. The minimum atomic E-state index is -0.512. The van der Waals surface area contributed by atoms with Crippen LogP contribution >= 0.6 is 15.9 Å². The van der Waals surface area contributed by atoms with E-state index in [1.165, 1.54) is 12.1 Å². The molecule has 20 heavy (non-hydrogen) atoms. The van der Waals surface area contributed by atoms with Gasteiger partial charge in [0.25, 0.3) is 0 Å². The Morgan fingerprint density at radius 1 is 1.35 bits per heavy atom. The molecule has 0 saturated heterocycles. The van der Waals surface area contributed by atoms with Gasteiger partial charge in [0.15, 0.2) is 0 Å². The molecule has 0 saturated carbocycles. The molecule has 1 N–H and O–H groups in total. The smallest absolute Gasteiger partial charge is 0.229 e. The van der Waals surface area contributed by atoms with Gasteiger partial charge in [-0.1, -0.05) is 34.9 Å². The van der Waals surface area contributed by atoms with Crippen molar-refractivity contribution in [3.63, 3.8) is 0 Å². The molecule has 1 atom stereocenters. The lowest BCUT2D eigenvalue weighted by atomic mass is 10.0. The quantitative estimate of drug-likeness (QED) is 0.901. The molecule has 4 nitrogen and oxygen atoms in total. The minimum absolute atomic E-state index is 0.307. The Balaban J connectivity index is 2.12. The van der Waals surface area contributed by atoms with Crippen LogP contribution in [0, 0.1) is 11.7 Å². The van der Waals surface area contributed by atoms with Crippen LogP contribution in [-0.4, -0.2) is 21.4 Å². The Morgan fingerprint density at radius 3 is 2.75 bits per heavy atom. The summed E-state index contributed by atoms with van der Waals surface area (Å²) in [5, 5.41) is 13.7. The molecule has 6 heteroatoms. The molecular formula is C14H16BrFN2O2. The Kier molecular flexibility index (Phi) is 4.88. The van der Waals surface area contributed by atoms with Gasteiger partial charge in [0, 0.05) is 10.0 Å². The summed E-state index contributed by atoms with van der Waals surface area (Å²) in [6, 6.07) is 4.41. The van der Waals surface area contributed by atoms with E-state index in [1.807, 2.05) is 13.8 Å². The number of hydrogen-bond acceptors (Lipinski definition) is 4. The molecule has 2 rings (SSSR count). The van der Waals surface area contributed by atoms with Crippen molar-refractivity contribution >= 4 is 15.9 Å². The van der Waals surface area contributed by atoms with Crippen LogP contribution in [-0.2, 0) is 6.42 Å². The lowest BCUT2D eigenvalue weighted by Gasteiger charge is -2.09. The number of aromatic nitrogens is 2. The van der Waals surface area contributed by atoms with Crippen LogP contribution in [0.3, 0.4) is 0 Å². The van der Waals surface area contributed by atoms with E-state index < -0.39 is 6.10 Å². The zero-order valence-corrected chi connectivity index (χ0v) is 12.9. The summed E-state index contributed by atoms with van der Waals surface area (Å²) >= 11 is 3.22. The molecule has 108 valence electrons. The van der Waals surface area contributed by atoms with Gasteiger partial charge in [-0.15, -0.1) is 0 Å². The number of hydrogen-bond donors (Lipinski definition) is 1. The molecule has 2 aromatic rings. The number of benzene rings is 1. The number of nitrogens with zero attached hydrogens (tertiary/aromatic N) is 2. The molecule has 0 aliphatic heterocycles. The van der Waals surface area contributed by atoms with Crippen LogP contribution in [0.25, 0.3) is 11.4 Å². The number of aliphatic hydroxyl groups excluding tert-OH is 1. The fraction of sp³-hybridized carbons (Fsp3) is 0.429. The Labute approximate surface area is 125 Å². The van der Waals surface area contributed by atoms with Gasteiger partial charge in [-0.25, -0.2) is 4.39 Å². The summed E-state index contributed by atoms with van der Waals surface area (Å²) in [4.78, 5) is 4.18. The van der Waals surface area contributed by atoms with Crippen molar-refractivity contribution in [1.29, 1.82) is 0 Å². The zero-order valence-electron chi connectivity index (χ0n) is 11.3. The highest BCUT2D eigenvalue weighted by molar-refractivity contribution is 9.10. The standard InChI is InChI=1S/C14H16BrFN2O2/c1-8(2)3-12(19)7-13-17-14(18-20-13)9-4-10(15)6-11(16)5-9/h4-6,8,12,19H,3,7H2,1-2H3. The number of rotatable bonds is 5. The summed E-state index contributed by atoms with van der Waals surface area (Å²) in [6.45, 7) is 4.07. The van der Waals surface area contributed by atoms with Crippen molar-refractivity contribution < 1.29 is 14.0 Å². The maximum absolute atomic E-state index is 13.3. The third-order valence-electron chi connectivity index (χ3n) is 2.74. The van der Waals surface area contributed by atoms with Crippen LogP contribution in [0.2, 0.25) is 0 Å². The van der Waals surface area contributed by atoms with Crippen molar-refractivity contribution in [3.8, 4) is 11.4 Å². The van der Waals surface area contributed by atoms with Crippen LogP contribution in [0.4, 0.5) is 4.39 Å². The molecule has 0 amide bonds. The highest BCUT2D eigenvalue weighted by atomic mass is 79.9. The largest absolute Gasteiger partial charge is 0.393 e. The molecule has 1 aromatic heterocycles. The first-order valence-electron chi connectivity index (χ1n) is 6.41. The van der Waals surface area contributed by atoms with Crippen LogP contribution < -0.4 is 0 Å². The first-order valence-corrected chi connectivity index (χ1v) is 7.20. The van der Waals surface area contributed by atoms with Gasteiger partial charge >= 0.3 is 0 Å². The zero-order chi connectivity index (χ0) is 14.7. The van der Waals surface area contributed by atoms with Crippen LogP contribution in [0.1, 0.15) is 26.2 Å².